The number of rotatable bonds is 12. The van der Waals surface area contributed by atoms with Crippen LogP contribution in [-0.4, -0.2) is 59.9 Å². The zero-order chi connectivity index (χ0) is 29.8. The van der Waals surface area contributed by atoms with Crippen molar-refractivity contribution in [1.82, 2.24) is 9.97 Å². The highest BCUT2D eigenvalue weighted by molar-refractivity contribution is 7.14. The van der Waals surface area contributed by atoms with E-state index in [0.717, 1.165) is 12.8 Å². The highest BCUT2D eigenvalue weighted by Crippen LogP contribution is 2.43. The molecule has 13 heteroatoms. The largest absolute Gasteiger partial charge is 0.481 e. The molecule has 1 aromatic carbocycles. The van der Waals surface area contributed by atoms with E-state index < -0.39 is 29.5 Å². The normalized spacial score (nSPS) is 16.3. The van der Waals surface area contributed by atoms with E-state index in [4.69, 9.17) is 9.47 Å². The fourth-order valence-corrected chi connectivity index (χ4v) is 6.08. The summed E-state index contributed by atoms with van der Waals surface area (Å²) in [5, 5.41) is 8.95. The summed E-state index contributed by atoms with van der Waals surface area (Å²) >= 11 is 0.661. The first-order chi connectivity index (χ1) is 20.2. The Morgan fingerprint density at radius 3 is 2.52 bits per heavy atom. The number of pyridine rings is 1. The minimum absolute atomic E-state index is 0.0938. The van der Waals surface area contributed by atoms with E-state index in [9.17, 15) is 23.5 Å². The van der Waals surface area contributed by atoms with Gasteiger partial charge in [0.25, 0.3) is 0 Å². The summed E-state index contributed by atoms with van der Waals surface area (Å²) in [6, 6.07) is 7.20. The summed E-state index contributed by atoms with van der Waals surface area (Å²) in [4.78, 5) is 35.7. The third-order valence-corrected chi connectivity index (χ3v) is 8.23. The van der Waals surface area contributed by atoms with Crippen LogP contribution >= 0.6 is 11.3 Å². The molecule has 1 saturated heterocycles. The monoisotopic (exact) mass is 605 g/mol. The van der Waals surface area contributed by atoms with Crippen molar-refractivity contribution in [3.8, 4) is 34.0 Å². The third-order valence-electron chi connectivity index (χ3n) is 7.39. The number of halogens is 3. The zero-order valence-corrected chi connectivity index (χ0v) is 23.6. The van der Waals surface area contributed by atoms with Crippen LogP contribution in [0.1, 0.15) is 38.5 Å². The number of hydrogen-bond acceptors (Lipinski definition) is 8. The molecule has 2 fully saturated rings. The van der Waals surface area contributed by atoms with Crippen molar-refractivity contribution in [3.05, 3.63) is 41.7 Å². The molecule has 5 rings (SSSR count). The topological polar surface area (TPSA) is 111 Å². The van der Waals surface area contributed by atoms with Crippen LogP contribution in [0.3, 0.4) is 0 Å². The number of anilines is 1. The molecule has 2 aliphatic rings. The Labute approximate surface area is 244 Å². The van der Waals surface area contributed by atoms with Crippen LogP contribution in [0, 0.1) is 17.0 Å². The summed E-state index contributed by atoms with van der Waals surface area (Å²) in [5.74, 6) is -1.97. The fourth-order valence-electron chi connectivity index (χ4n) is 5.19. The lowest BCUT2D eigenvalue weighted by Crippen LogP contribution is -2.40. The van der Waals surface area contributed by atoms with Crippen LogP contribution in [-0.2, 0) is 14.3 Å². The number of alkyl halides is 2. The first-order valence-electron chi connectivity index (χ1n) is 13.6. The molecule has 1 aliphatic carbocycles. The Balaban J connectivity index is 1.51. The first kappa shape index (κ1) is 29.8. The molecule has 0 spiro atoms. The van der Waals surface area contributed by atoms with Crippen LogP contribution in [0.15, 0.2) is 36.5 Å². The Hall–Kier alpha value is -3.71. The number of carbonyl (C=O) groups is 2. The van der Waals surface area contributed by atoms with Gasteiger partial charge >= 0.3 is 12.6 Å². The minimum atomic E-state index is -3.09. The van der Waals surface area contributed by atoms with Crippen molar-refractivity contribution in [2.45, 2.75) is 51.2 Å². The van der Waals surface area contributed by atoms with Crippen molar-refractivity contribution in [2.24, 2.45) is 11.8 Å². The van der Waals surface area contributed by atoms with Crippen molar-refractivity contribution < 1.29 is 42.1 Å². The third kappa shape index (κ3) is 7.01. The molecular weight excluding hydrogens is 575 g/mol. The molecule has 1 aliphatic heterocycles. The predicted octanol–water partition coefficient (Wildman–Crippen LogP) is 6.02. The minimum Gasteiger partial charge on any atom is -0.481 e. The SMILES string of the molecule is COc1ccc(-c2ccc(OC(F)F)cc2-c2nc(N(C(=O)C(CC(=O)O)CC3CCOCC3)C3CC3)sc2F)cn1. The Kier molecular flexibility index (Phi) is 9.27. The second-order valence-corrected chi connectivity index (χ2v) is 11.2. The number of amides is 1. The number of carboxylic acids is 1. The number of thiazole rings is 1. The van der Waals surface area contributed by atoms with Gasteiger partial charge in [0.05, 0.1) is 13.5 Å². The number of methoxy groups -OCH3 is 1. The summed E-state index contributed by atoms with van der Waals surface area (Å²) in [7, 11) is 1.47. The first-order valence-corrected chi connectivity index (χ1v) is 14.4. The van der Waals surface area contributed by atoms with Crippen molar-refractivity contribution in [2.75, 3.05) is 25.2 Å². The van der Waals surface area contributed by atoms with Gasteiger partial charge in [-0.2, -0.15) is 13.2 Å². The summed E-state index contributed by atoms with van der Waals surface area (Å²) in [5.41, 5.74) is 1.04. The molecule has 1 N–H and O–H groups in total. The number of aliphatic carboxylic acids is 1. The lowest BCUT2D eigenvalue weighted by molar-refractivity contribution is -0.141. The van der Waals surface area contributed by atoms with Crippen LogP contribution < -0.4 is 14.4 Å². The van der Waals surface area contributed by atoms with E-state index in [1.54, 1.807) is 12.1 Å². The molecule has 224 valence electrons. The van der Waals surface area contributed by atoms with E-state index in [1.165, 1.54) is 36.4 Å². The number of nitrogens with zero attached hydrogens (tertiary/aromatic N) is 3. The molecule has 1 atom stereocenters. The standard InChI is InChI=1S/C29H30F3N3O6S/c1-39-23-7-2-17(15-33-23)21-6-5-20(41-28(31)32)14-22(21)25-26(30)42-29(34-25)35(19-3-4-19)27(38)18(13-24(36)37)12-16-8-10-40-11-9-16/h2,5-7,14-16,18-19,28H,3-4,8-13H2,1H3,(H,36,37). The summed E-state index contributed by atoms with van der Waals surface area (Å²) < 4.78 is 56.9. The lowest BCUT2D eigenvalue weighted by Gasteiger charge is -2.29. The molecular formula is C29H30F3N3O6S. The number of carbonyl (C=O) groups excluding carboxylic acids is 1. The van der Waals surface area contributed by atoms with Gasteiger partial charge in [0.1, 0.15) is 11.4 Å². The number of benzene rings is 1. The number of aromatic nitrogens is 2. The van der Waals surface area contributed by atoms with Gasteiger partial charge in [0, 0.05) is 48.6 Å². The van der Waals surface area contributed by atoms with Crippen LogP contribution in [0.2, 0.25) is 0 Å². The number of ether oxygens (including phenoxy) is 3. The highest BCUT2D eigenvalue weighted by Gasteiger charge is 2.40. The van der Waals surface area contributed by atoms with E-state index in [-0.39, 0.29) is 40.5 Å². The van der Waals surface area contributed by atoms with Crippen LogP contribution in [0.25, 0.3) is 22.4 Å². The quantitative estimate of drug-likeness (QED) is 0.267. The highest BCUT2D eigenvalue weighted by atomic mass is 32.1. The van der Waals surface area contributed by atoms with Crippen molar-refractivity contribution in [1.29, 1.82) is 0 Å². The van der Waals surface area contributed by atoms with E-state index in [1.807, 2.05) is 0 Å². The molecule has 2 aromatic heterocycles. The van der Waals surface area contributed by atoms with Crippen LogP contribution in [0.5, 0.6) is 11.6 Å². The lowest BCUT2D eigenvalue weighted by atomic mass is 9.86. The number of carboxylic acid groups (broad SMARTS) is 1. The van der Waals surface area contributed by atoms with Gasteiger partial charge in [-0.1, -0.05) is 11.3 Å². The maximum Gasteiger partial charge on any atom is 0.387 e. The molecule has 3 heterocycles. The average molecular weight is 606 g/mol. The molecule has 3 aromatic rings. The van der Waals surface area contributed by atoms with Gasteiger partial charge < -0.3 is 19.3 Å². The van der Waals surface area contributed by atoms with Crippen LogP contribution in [0.4, 0.5) is 18.3 Å². The zero-order valence-electron chi connectivity index (χ0n) is 22.8. The van der Waals surface area contributed by atoms with Gasteiger partial charge in [0.2, 0.25) is 16.9 Å². The molecule has 9 nitrogen and oxygen atoms in total. The summed E-state index contributed by atoms with van der Waals surface area (Å²) in [6.45, 7) is -1.97. The van der Waals surface area contributed by atoms with E-state index in [2.05, 4.69) is 14.7 Å². The van der Waals surface area contributed by atoms with Crippen molar-refractivity contribution in [3.63, 3.8) is 0 Å². The Morgan fingerprint density at radius 2 is 1.90 bits per heavy atom. The van der Waals surface area contributed by atoms with Gasteiger partial charge in [-0.25, -0.2) is 9.97 Å². The van der Waals surface area contributed by atoms with E-state index >= 15 is 4.39 Å². The summed E-state index contributed by atoms with van der Waals surface area (Å²) in [6.07, 6.45) is 4.39. The van der Waals surface area contributed by atoms with E-state index in [0.29, 0.717) is 60.8 Å². The second-order valence-electron chi connectivity index (χ2n) is 10.3. The average Bonchev–Trinajstić information content (AvgIpc) is 3.73. The number of hydrogen-bond donors (Lipinski definition) is 1. The molecule has 1 saturated carbocycles. The second kappa shape index (κ2) is 13.1. The van der Waals surface area contributed by atoms with Gasteiger partial charge in [-0.15, -0.1) is 0 Å². The predicted molar refractivity (Wildman–Crippen MR) is 148 cm³/mol. The van der Waals surface area contributed by atoms with Gasteiger partial charge in [0.15, 0.2) is 5.13 Å². The van der Waals surface area contributed by atoms with Gasteiger partial charge in [-0.05, 0) is 67.9 Å². The van der Waals surface area contributed by atoms with Crippen molar-refractivity contribution >= 4 is 28.3 Å². The Morgan fingerprint density at radius 1 is 1.14 bits per heavy atom. The smallest absolute Gasteiger partial charge is 0.387 e. The van der Waals surface area contributed by atoms with Gasteiger partial charge in [-0.3, -0.25) is 14.5 Å². The molecule has 1 amide bonds. The molecule has 1 unspecified atom stereocenters. The Bertz CT molecular complexity index is 1410. The maximum absolute atomic E-state index is 15.7. The fraction of sp³-hybridized carbons (Fsp3) is 0.448. The molecule has 0 bridgehead atoms. The molecule has 0 radical (unpaired) electrons. The molecule has 42 heavy (non-hydrogen) atoms. The maximum atomic E-state index is 15.7.